The average molecular weight is 227 g/mol. The topological polar surface area (TPSA) is 4.93 Å². The van der Waals surface area contributed by atoms with Gasteiger partial charge in [0.1, 0.15) is 0 Å². The molecule has 0 atom stereocenters. The van der Waals surface area contributed by atoms with Gasteiger partial charge in [-0.1, -0.05) is 50.1 Å². The Bertz CT molecular complexity index is 493. The Labute approximate surface area is 104 Å². The molecule has 0 fully saturated rings. The van der Waals surface area contributed by atoms with Crippen molar-refractivity contribution in [3.63, 3.8) is 0 Å². The van der Waals surface area contributed by atoms with Crippen molar-refractivity contribution >= 4 is 10.9 Å². The van der Waals surface area contributed by atoms with Gasteiger partial charge in [-0.3, -0.25) is 0 Å². The van der Waals surface area contributed by atoms with Gasteiger partial charge in [0.05, 0.1) is 0 Å². The molecule has 1 aromatic heterocycles. The maximum atomic E-state index is 4.19. The quantitative estimate of drug-likeness (QED) is 0.494. The Hall–Kier alpha value is -1.50. The zero-order chi connectivity index (χ0) is 12.1. The van der Waals surface area contributed by atoms with Gasteiger partial charge in [0.15, 0.2) is 0 Å². The minimum Gasteiger partial charge on any atom is -0.343 e. The van der Waals surface area contributed by atoms with E-state index in [1.807, 2.05) is 0 Å². The molecule has 1 aromatic carbocycles. The monoisotopic (exact) mass is 227 g/mol. The Morgan fingerprint density at radius 3 is 2.82 bits per heavy atom. The molecule has 0 bridgehead atoms. The summed E-state index contributed by atoms with van der Waals surface area (Å²) in [6.07, 6.45) is 7.18. The van der Waals surface area contributed by atoms with Crippen molar-refractivity contribution in [3.8, 4) is 0 Å². The first kappa shape index (κ1) is 12.0. The van der Waals surface area contributed by atoms with Gasteiger partial charge >= 0.3 is 0 Å². The molecule has 0 spiro atoms. The number of hydrogen-bond acceptors (Lipinski definition) is 0. The van der Waals surface area contributed by atoms with Gasteiger partial charge in [0.2, 0.25) is 0 Å². The van der Waals surface area contributed by atoms with E-state index in [-0.39, 0.29) is 0 Å². The van der Waals surface area contributed by atoms with Crippen LogP contribution >= 0.6 is 0 Å². The Balaban J connectivity index is 2.01. The molecule has 2 aromatic rings. The lowest BCUT2D eigenvalue weighted by Gasteiger charge is -2.08. The van der Waals surface area contributed by atoms with E-state index < -0.39 is 0 Å². The van der Waals surface area contributed by atoms with Crippen LogP contribution in [0.15, 0.2) is 48.7 Å². The van der Waals surface area contributed by atoms with Gasteiger partial charge in [0, 0.05) is 18.3 Å². The molecule has 0 saturated heterocycles. The lowest BCUT2D eigenvalue weighted by molar-refractivity contribution is 0.679. The lowest BCUT2D eigenvalue weighted by atomic mass is 10.1. The summed E-state index contributed by atoms with van der Waals surface area (Å²) in [6.45, 7) is 7.38. The Morgan fingerprint density at radius 1 is 1.18 bits per heavy atom. The first-order valence-corrected chi connectivity index (χ1v) is 6.52. The van der Waals surface area contributed by atoms with E-state index in [1.165, 1.54) is 35.7 Å². The SMILES string of the molecule is C=C(CCCCC)Cn1ccc2ccccc21. The number of fused-ring (bicyclic) bond motifs is 1. The van der Waals surface area contributed by atoms with Crippen LogP contribution in [0.1, 0.15) is 32.6 Å². The fourth-order valence-electron chi connectivity index (χ4n) is 2.22. The van der Waals surface area contributed by atoms with E-state index in [0.29, 0.717) is 0 Å². The van der Waals surface area contributed by atoms with Crippen LogP contribution < -0.4 is 0 Å². The number of para-hydroxylation sites is 1. The zero-order valence-electron chi connectivity index (χ0n) is 10.7. The van der Waals surface area contributed by atoms with E-state index in [9.17, 15) is 0 Å². The van der Waals surface area contributed by atoms with E-state index in [2.05, 4.69) is 54.6 Å². The van der Waals surface area contributed by atoms with E-state index >= 15 is 0 Å². The van der Waals surface area contributed by atoms with Gasteiger partial charge in [0.25, 0.3) is 0 Å². The molecule has 0 aliphatic carbocycles. The Kier molecular flexibility index (Phi) is 4.03. The van der Waals surface area contributed by atoms with E-state index in [4.69, 9.17) is 0 Å². The van der Waals surface area contributed by atoms with Crippen molar-refractivity contribution in [1.29, 1.82) is 0 Å². The molecule has 90 valence electrons. The molecule has 1 nitrogen and oxygen atoms in total. The average Bonchev–Trinajstić information content (AvgIpc) is 2.73. The molecule has 1 heteroatoms. The molecule has 0 aliphatic heterocycles. The highest BCUT2D eigenvalue weighted by Crippen LogP contribution is 2.17. The van der Waals surface area contributed by atoms with Crippen molar-refractivity contribution in [1.82, 2.24) is 4.57 Å². The normalized spacial score (nSPS) is 10.9. The minimum atomic E-state index is 0.956. The summed E-state index contributed by atoms with van der Waals surface area (Å²) in [4.78, 5) is 0. The second-order valence-electron chi connectivity index (χ2n) is 4.71. The fourth-order valence-corrected chi connectivity index (χ4v) is 2.22. The molecule has 0 aliphatic rings. The molecule has 0 amide bonds. The first-order chi connectivity index (χ1) is 8.31. The van der Waals surface area contributed by atoms with Gasteiger partial charge < -0.3 is 4.57 Å². The highest BCUT2D eigenvalue weighted by Gasteiger charge is 2.01. The van der Waals surface area contributed by atoms with Crippen LogP contribution in [0.5, 0.6) is 0 Å². The summed E-state index contributed by atoms with van der Waals surface area (Å²) in [6, 6.07) is 10.7. The van der Waals surface area contributed by atoms with E-state index in [0.717, 1.165) is 13.0 Å². The predicted molar refractivity (Wildman–Crippen MR) is 75.2 cm³/mol. The second kappa shape index (κ2) is 5.72. The first-order valence-electron chi connectivity index (χ1n) is 6.52. The number of hydrogen-bond donors (Lipinski definition) is 0. The zero-order valence-corrected chi connectivity index (χ0v) is 10.7. The van der Waals surface area contributed by atoms with Crippen LogP contribution in [0.2, 0.25) is 0 Å². The minimum absolute atomic E-state index is 0.956. The summed E-state index contributed by atoms with van der Waals surface area (Å²) >= 11 is 0. The molecule has 1 heterocycles. The lowest BCUT2D eigenvalue weighted by Crippen LogP contribution is -1.98. The second-order valence-corrected chi connectivity index (χ2v) is 4.71. The number of allylic oxidation sites excluding steroid dienone is 1. The molecule has 0 unspecified atom stereocenters. The largest absolute Gasteiger partial charge is 0.343 e. The summed E-state index contributed by atoms with van der Waals surface area (Å²) in [5, 5.41) is 1.31. The number of rotatable bonds is 6. The standard InChI is InChI=1S/C16H21N/c1-3-4-5-8-14(2)13-17-12-11-15-9-6-7-10-16(15)17/h6-7,9-12H,2-5,8,13H2,1H3. The maximum Gasteiger partial charge on any atom is 0.0483 e. The third-order valence-electron chi connectivity index (χ3n) is 3.21. The molecular weight excluding hydrogens is 206 g/mol. The number of benzene rings is 1. The molecule has 0 radical (unpaired) electrons. The van der Waals surface area contributed by atoms with Crippen molar-refractivity contribution in [2.45, 2.75) is 39.2 Å². The maximum absolute atomic E-state index is 4.19. The van der Waals surface area contributed by atoms with Crippen LogP contribution in [0.4, 0.5) is 0 Å². The molecule has 0 N–H and O–H groups in total. The van der Waals surface area contributed by atoms with Gasteiger partial charge in [-0.15, -0.1) is 0 Å². The highest BCUT2D eigenvalue weighted by molar-refractivity contribution is 5.79. The van der Waals surface area contributed by atoms with E-state index in [1.54, 1.807) is 0 Å². The van der Waals surface area contributed by atoms with Crippen molar-refractivity contribution in [3.05, 3.63) is 48.7 Å². The molecule has 2 rings (SSSR count). The van der Waals surface area contributed by atoms with Crippen LogP contribution in [-0.4, -0.2) is 4.57 Å². The number of unbranched alkanes of at least 4 members (excludes halogenated alkanes) is 2. The highest BCUT2D eigenvalue weighted by atomic mass is 14.9. The third kappa shape index (κ3) is 3.00. The van der Waals surface area contributed by atoms with Crippen LogP contribution in [0.25, 0.3) is 10.9 Å². The van der Waals surface area contributed by atoms with Crippen molar-refractivity contribution in [2.75, 3.05) is 0 Å². The van der Waals surface area contributed by atoms with Gasteiger partial charge in [-0.25, -0.2) is 0 Å². The van der Waals surface area contributed by atoms with Crippen molar-refractivity contribution in [2.24, 2.45) is 0 Å². The van der Waals surface area contributed by atoms with Crippen LogP contribution in [-0.2, 0) is 6.54 Å². The third-order valence-corrected chi connectivity index (χ3v) is 3.21. The fraction of sp³-hybridized carbons (Fsp3) is 0.375. The summed E-state index contributed by atoms with van der Waals surface area (Å²) in [5.74, 6) is 0. The summed E-state index contributed by atoms with van der Waals surface area (Å²) < 4.78 is 2.30. The number of aromatic nitrogens is 1. The Morgan fingerprint density at radius 2 is 2.00 bits per heavy atom. The predicted octanol–water partition coefficient (Wildman–Crippen LogP) is 4.78. The summed E-state index contributed by atoms with van der Waals surface area (Å²) in [7, 11) is 0. The van der Waals surface area contributed by atoms with Gasteiger partial charge in [-0.05, 0) is 30.4 Å². The molecule has 0 saturated carbocycles. The molecular formula is C16H21N. The van der Waals surface area contributed by atoms with Crippen LogP contribution in [0, 0.1) is 0 Å². The van der Waals surface area contributed by atoms with Gasteiger partial charge in [-0.2, -0.15) is 0 Å². The van der Waals surface area contributed by atoms with Crippen LogP contribution in [0.3, 0.4) is 0 Å². The summed E-state index contributed by atoms with van der Waals surface area (Å²) in [5.41, 5.74) is 2.64. The number of nitrogens with zero attached hydrogens (tertiary/aromatic N) is 1. The smallest absolute Gasteiger partial charge is 0.0483 e. The van der Waals surface area contributed by atoms with Crippen molar-refractivity contribution < 1.29 is 0 Å². The molecule has 17 heavy (non-hydrogen) atoms.